The van der Waals surface area contributed by atoms with Crippen LogP contribution >= 0.6 is 0 Å². The maximum absolute atomic E-state index is 7.62. The Balaban J connectivity index is 0. The van der Waals surface area contributed by atoms with E-state index in [1.54, 1.807) is 12.2 Å². The maximum Gasteiger partial charge on any atom is 0.0662 e. The minimum atomic E-state index is -0.125. The van der Waals surface area contributed by atoms with Crippen LogP contribution in [0.1, 0.15) is 0 Å². The van der Waals surface area contributed by atoms with Gasteiger partial charge >= 0.3 is 0 Å². The first-order valence-electron chi connectivity index (χ1n) is 4.28. The molecule has 0 aromatic heterocycles. The minimum absolute atomic E-state index is 0.125. The van der Waals surface area contributed by atoms with Gasteiger partial charge in [0.15, 0.2) is 0 Å². The fourth-order valence-electron chi connectivity index (χ4n) is 0.385. The zero-order chi connectivity index (χ0) is 11.1. The van der Waals surface area contributed by atoms with Gasteiger partial charge in [0, 0.05) is 0 Å². The third-order valence-electron chi connectivity index (χ3n) is 0.933. The van der Waals surface area contributed by atoms with Crippen LogP contribution in [0.25, 0.3) is 0 Å². The first kappa shape index (κ1) is 15.1. The number of aliphatic hydroxyl groups is 2. The van der Waals surface area contributed by atoms with Gasteiger partial charge in [0.1, 0.15) is 0 Å². The molecule has 1 rings (SSSR count). The van der Waals surface area contributed by atoms with Crippen LogP contribution in [0.4, 0.5) is 0 Å². The molecule has 1 aromatic rings. The summed E-state index contributed by atoms with van der Waals surface area (Å²) in [6.07, 6.45) is 3.28. The number of rotatable bonds is 2. The van der Waals surface area contributed by atoms with Crippen molar-refractivity contribution in [3.05, 3.63) is 61.7 Å². The molecule has 14 heavy (non-hydrogen) atoms. The second-order valence-electron chi connectivity index (χ2n) is 2.07. The van der Waals surface area contributed by atoms with Crippen molar-refractivity contribution in [2.75, 3.05) is 13.2 Å². The van der Waals surface area contributed by atoms with E-state index >= 15 is 0 Å². The summed E-state index contributed by atoms with van der Waals surface area (Å²) >= 11 is 0. The van der Waals surface area contributed by atoms with Crippen LogP contribution in [0.2, 0.25) is 0 Å². The Morgan fingerprint density at radius 3 is 1.00 bits per heavy atom. The van der Waals surface area contributed by atoms with Crippen LogP contribution < -0.4 is 0 Å². The molecule has 2 N–H and O–H groups in total. The van der Waals surface area contributed by atoms with Crippen LogP contribution in [-0.2, 0) is 0 Å². The van der Waals surface area contributed by atoms with Crippen molar-refractivity contribution in [1.82, 2.24) is 0 Å². The summed E-state index contributed by atoms with van der Waals surface area (Å²) in [5.41, 5.74) is 0. The second kappa shape index (κ2) is 17.6. The second-order valence-corrected chi connectivity index (χ2v) is 2.07. The van der Waals surface area contributed by atoms with E-state index in [0.29, 0.717) is 0 Å². The Labute approximate surface area is 85.8 Å². The summed E-state index contributed by atoms with van der Waals surface area (Å²) in [7, 11) is 0. The van der Waals surface area contributed by atoms with Gasteiger partial charge < -0.3 is 10.2 Å². The number of aliphatic hydroxyl groups excluding tert-OH is 2. The minimum Gasteiger partial charge on any atom is -0.394 e. The van der Waals surface area contributed by atoms with Crippen molar-refractivity contribution in [1.29, 1.82) is 0 Å². The highest BCUT2D eigenvalue weighted by atomic mass is 16.3. The molecule has 0 aliphatic heterocycles. The average molecular weight is 194 g/mol. The molecule has 0 fully saturated rings. The summed E-state index contributed by atoms with van der Waals surface area (Å²) in [4.78, 5) is 0. The molecular formula is C12H18O2. The lowest BCUT2D eigenvalue weighted by Crippen LogP contribution is -1.85. The molecule has 0 bridgehead atoms. The predicted octanol–water partition coefficient (Wildman–Crippen LogP) is 2.02. The van der Waals surface area contributed by atoms with Crippen molar-refractivity contribution in [2.45, 2.75) is 0 Å². The van der Waals surface area contributed by atoms with E-state index in [1.165, 1.54) is 0 Å². The fraction of sp³-hybridized carbons (Fsp3) is 0.167. The van der Waals surface area contributed by atoms with Gasteiger partial charge in [0.2, 0.25) is 0 Å². The maximum atomic E-state index is 7.62. The van der Waals surface area contributed by atoms with E-state index in [1.807, 2.05) is 36.4 Å². The molecule has 0 spiro atoms. The first-order chi connectivity index (χ1) is 6.83. The quantitative estimate of drug-likeness (QED) is 0.707. The molecule has 2 heteroatoms. The molecule has 0 radical (unpaired) electrons. The Kier molecular flexibility index (Phi) is 19.0. The van der Waals surface area contributed by atoms with Gasteiger partial charge in [-0.1, -0.05) is 61.7 Å². The van der Waals surface area contributed by atoms with Crippen LogP contribution in [0.3, 0.4) is 0 Å². The van der Waals surface area contributed by atoms with E-state index in [4.69, 9.17) is 10.2 Å². The molecule has 0 saturated heterocycles. The SMILES string of the molecule is C=CC=C.OCCO.c1ccccc1. The normalized spacial score (nSPS) is 7.00. The standard InChI is InChI=1S/C6H6.C4H6.C2H6O2/c1-2-4-6-5-3-1;1-3-4-2;3-1-2-4/h1-6H;2*3-4H,1-2H2. The molecule has 0 heterocycles. The Morgan fingerprint density at radius 1 is 0.714 bits per heavy atom. The molecule has 78 valence electrons. The molecule has 0 amide bonds. The van der Waals surface area contributed by atoms with E-state index in [0.717, 1.165) is 0 Å². The van der Waals surface area contributed by atoms with Crippen molar-refractivity contribution in [2.24, 2.45) is 0 Å². The van der Waals surface area contributed by atoms with Gasteiger partial charge in [-0.2, -0.15) is 0 Å². The molecule has 0 atom stereocenters. The van der Waals surface area contributed by atoms with Gasteiger partial charge in [-0.3, -0.25) is 0 Å². The topological polar surface area (TPSA) is 40.5 Å². The highest BCUT2D eigenvalue weighted by molar-refractivity contribution is 4.99. The van der Waals surface area contributed by atoms with Crippen molar-refractivity contribution in [3.8, 4) is 0 Å². The summed E-state index contributed by atoms with van der Waals surface area (Å²) < 4.78 is 0. The van der Waals surface area contributed by atoms with Crippen molar-refractivity contribution in [3.63, 3.8) is 0 Å². The summed E-state index contributed by atoms with van der Waals surface area (Å²) in [5, 5.41) is 15.2. The molecule has 2 nitrogen and oxygen atoms in total. The van der Waals surface area contributed by atoms with Crippen LogP contribution in [0.15, 0.2) is 61.7 Å². The summed E-state index contributed by atoms with van der Waals surface area (Å²) in [6.45, 7) is 6.47. The summed E-state index contributed by atoms with van der Waals surface area (Å²) in [5.74, 6) is 0. The third kappa shape index (κ3) is 22.4. The molecule has 0 aliphatic rings. The predicted molar refractivity (Wildman–Crippen MR) is 61.0 cm³/mol. The van der Waals surface area contributed by atoms with Crippen LogP contribution in [0, 0.1) is 0 Å². The number of allylic oxidation sites excluding steroid dienone is 2. The zero-order valence-corrected chi connectivity index (χ0v) is 8.34. The number of hydrogen-bond acceptors (Lipinski definition) is 2. The Hall–Kier alpha value is -1.38. The van der Waals surface area contributed by atoms with E-state index < -0.39 is 0 Å². The van der Waals surface area contributed by atoms with Crippen molar-refractivity contribution >= 4 is 0 Å². The number of hydrogen-bond donors (Lipinski definition) is 2. The highest BCUT2D eigenvalue weighted by Crippen LogP contribution is 1.79. The lowest BCUT2D eigenvalue weighted by Gasteiger charge is -1.70. The zero-order valence-electron chi connectivity index (χ0n) is 8.34. The first-order valence-corrected chi connectivity index (χ1v) is 4.28. The van der Waals surface area contributed by atoms with Gasteiger partial charge in [0.25, 0.3) is 0 Å². The molecule has 0 unspecified atom stereocenters. The fourth-order valence-corrected chi connectivity index (χ4v) is 0.385. The van der Waals surface area contributed by atoms with Gasteiger partial charge in [0.05, 0.1) is 13.2 Å². The van der Waals surface area contributed by atoms with Crippen molar-refractivity contribution < 1.29 is 10.2 Å². The van der Waals surface area contributed by atoms with Gasteiger partial charge in [-0.15, -0.1) is 0 Å². The smallest absolute Gasteiger partial charge is 0.0662 e. The van der Waals surface area contributed by atoms with E-state index in [9.17, 15) is 0 Å². The summed E-state index contributed by atoms with van der Waals surface area (Å²) in [6, 6.07) is 12.0. The van der Waals surface area contributed by atoms with E-state index in [-0.39, 0.29) is 13.2 Å². The largest absolute Gasteiger partial charge is 0.394 e. The third-order valence-corrected chi connectivity index (χ3v) is 0.933. The lowest BCUT2D eigenvalue weighted by molar-refractivity contribution is 0.186. The Bertz CT molecular complexity index is 160. The highest BCUT2D eigenvalue weighted by Gasteiger charge is 1.58. The van der Waals surface area contributed by atoms with Crippen LogP contribution in [0.5, 0.6) is 0 Å². The molecular weight excluding hydrogens is 176 g/mol. The Morgan fingerprint density at radius 2 is 0.929 bits per heavy atom. The molecule has 0 aliphatic carbocycles. The lowest BCUT2D eigenvalue weighted by atomic mass is 10.4. The van der Waals surface area contributed by atoms with Gasteiger partial charge in [-0.25, -0.2) is 0 Å². The molecule has 1 aromatic carbocycles. The molecule has 0 saturated carbocycles. The van der Waals surface area contributed by atoms with E-state index in [2.05, 4.69) is 13.2 Å². The van der Waals surface area contributed by atoms with Crippen LogP contribution in [-0.4, -0.2) is 23.4 Å². The monoisotopic (exact) mass is 194 g/mol. The average Bonchev–Trinajstić information content (AvgIpc) is 2.32. The van der Waals surface area contributed by atoms with Gasteiger partial charge in [-0.05, 0) is 0 Å². The number of benzene rings is 1.